The molecule has 0 atom stereocenters. The summed E-state index contributed by atoms with van der Waals surface area (Å²) in [6, 6.07) is 28.0. The third-order valence-corrected chi connectivity index (χ3v) is 5.78. The number of ether oxygens (including phenoxy) is 1. The van der Waals surface area contributed by atoms with Crippen LogP contribution in [0.25, 0.3) is 10.6 Å². The molecule has 0 aliphatic rings. The van der Waals surface area contributed by atoms with Crippen LogP contribution in [0, 0.1) is 5.21 Å². The Morgan fingerprint density at radius 2 is 1.27 bits per heavy atom. The van der Waals surface area contributed by atoms with Crippen molar-refractivity contribution in [1.82, 2.24) is 0 Å². The molecule has 0 saturated heterocycles. The molecule has 3 rings (SSSR count). The first kappa shape index (κ1) is 22.1. The van der Waals surface area contributed by atoms with Gasteiger partial charge in [0.15, 0.2) is 0 Å². The van der Waals surface area contributed by atoms with Gasteiger partial charge >= 0.3 is 0 Å². The number of hydrogen-bond acceptors (Lipinski definition) is 2. The Kier molecular flexibility index (Phi) is 7.69. The number of benzene rings is 3. The van der Waals surface area contributed by atoms with E-state index in [9.17, 15) is 5.21 Å². The zero-order chi connectivity index (χ0) is 21.4. The molecule has 0 radical (unpaired) electrons. The molecule has 0 aliphatic heterocycles. The lowest BCUT2D eigenvalue weighted by molar-refractivity contribution is -0.877. The van der Waals surface area contributed by atoms with E-state index in [1.165, 1.54) is 0 Å². The third-order valence-electron chi connectivity index (χ3n) is 5.37. The van der Waals surface area contributed by atoms with Gasteiger partial charge in [0.2, 0.25) is 0 Å². The molecule has 0 aliphatic carbocycles. The number of hydroxylamine groups is 3. The first-order valence-electron chi connectivity index (χ1n) is 10.4. The van der Waals surface area contributed by atoms with Crippen molar-refractivity contribution in [2.45, 2.75) is 13.8 Å². The largest absolute Gasteiger partial charge is 0.633 e. The lowest BCUT2D eigenvalue weighted by atomic mass is 9.95. The molecule has 3 aromatic carbocycles. The molecule has 0 N–H and O–H groups in total. The smallest absolute Gasteiger partial charge is 0.137 e. The Morgan fingerprint density at radius 1 is 0.767 bits per heavy atom. The molecule has 0 heterocycles. The average Bonchev–Trinajstić information content (AvgIpc) is 2.81. The summed E-state index contributed by atoms with van der Waals surface area (Å²) in [4.78, 5) is 0. The predicted molar refractivity (Wildman–Crippen MR) is 126 cm³/mol. The molecule has 3 aromatic rings. The second-order valence-corrected chi connectivity index (χ2v) is 7.59. The zero-order valence-corrected chi connectivity index (χ0v) is 18.3. The van der Waals surface area contributed by atoms with Crippen LogP contribution in [0.4, 0.5) is 0 Å². The zero-order valence-electron chi connectivity index (χ0n) is 17.6. The van der Waals surface area contributed by atoms with Crippen LogP contribution in [-0.2, 0) is 0 Å². The van der Waals surface area contributed by atoms with Crippen molar-refractivity contribution in [2.24, 2.45) is 0 Å². The molecule has 0 spiro atoms. The number of likely N-dealkylation sites (N-methyl/N-ethyl adjacent to an activating group) is 1. The molecule has 0 unspecified atom stereocenters. The normalized spacial score (nSPS) is 12.4. The van der Waals surface area contributed by atoms with E-state index in [0.717, 1.165) is 28.0 Å². The highest BCUT2D eigenvalue weighted by atomic mass is 35.5. The number of hydrogen-bond donors (Lipinski definition) is 0. The van der Waals surface area contributed by atoms with Gasteiger partial charge in [-0.15, -0.1) is 0 Å². The van der Waals surface area contributed by atoms with Crippen molar-refractivity contribution in [3.05, 3.63) is 107 Å². The van der Waals surface area contributed by atoms with Crippen molar-refractivity contribution in [3.8, 4) is 5.75 Å². The van der Waals surface area contributed by atoms with Gasteiger partial charge in [0.1, 0.15) is 18.9 Å². The summed E-state index contributed by atoms with van der Waals surface area (Å²) in [5, 5.41) is 13.1. The van der Waals surface area contributed by atoms with Crippen LogP contribution < -0.4 is 4.74 Å². The number of nitrogens with zero attached hydrogens (tertiary/aromatic N) is 1. The molecule has 0 saturated carbocycles. The molecule has 4 heteroatoms. The van der Waals surface area contributed by atoms with Crippen LogP contribution in [0.15, 0.2) is 84.9 Å². The third kappa shape index (κ3) is 5.51. The predicted octanol–water partition coefficient (Wildman–Crippen LogP) is 6.58. The Labute approximate surface area is 184 Å². The number of halogens is 1. The van der Waals surface area contributed by atoms with Crippen molar-refractivity contribution < 1.29 is 9.38 Å². The van der Waals surface area contributed by atoms with Gasteiger partial charge in [-0.1, -0.05) is 84.4 Å². The van der Waals surface area contributed by atoms with E-state index in [2.05, 4.69) is 12.1 Å². The highest BCUT2D eigenvalue weighted by Crippen LogP contribution is 2.35. The van der Waals surface area contributed by atoms with Gasteiger partial charge in [-0.05, 0) is 42.7 Å². The number of rotatable bonds is 9. The summed E-state index contributed by atoms with van der Waals surface area (Å²) < 4.78 is 5.60. The average molecular weight is 422 g/mol. The Hall–Kier alpha value is -2.59. The Balaban J connectivity index is 1.85. The maximum absolute atomic E-state index is 12.4. The molecule has 30 heavy (non-hydrogen) atoms. The molecular formula is C26H28ClNO2. The molecule has 3 nitrogen and oxygen atoms in total. The standard InChI is InChI=1S/C26H28ClNO2/c1-3-28(29,4-2)19-20-30-24-17-15-22(16-18-24)25(21-11-7-5-8-12-21)26(27)23-13-9-6-10-14-23/h5-18H,3-4,19-20H2,1-2H3. The van der Waals surface area contributed by atoms with Crippen molar-refractivity contribution >= 4 is 22.2 Å². The van der Waals surface area contributed by atoms with Crippen molar-refractivity contribution in [3.63, 3.8) is 0 Å². The van der Waals surface area contributed by atoms with E-state index >= 15 is 0 Å². The van der Waals surface area contributed by atoms with E-state index in [0.29, 0.717) is 31.3 Å². The van der Waals surface area contributed by atoms with E-state index in [1.54, 1.807) is 0 Å². The minimum atomic E-state index is -0.230. The van der Waals surface area contributed by atoms with Crippen LogP contribution in [0.3, 0.4) is 0 Å². The SMILES string of the molecule is CC[N+]([O-])(CC)CCOc1ccc(C(=C(Cl)c2ccccc2)c2ccccc2)cc1. The monoisotopic (exact) mass is 421 g/mol. The first-order chi connectivity index (χ1) is 14.6. The summed E-state index contributed by atoms with van der Waals surface area (Å²) in [6.07, 6.45) is 0. The summed E-state index contributed by atoms with van der Waals surface area (Å²) in [6.45, 7) is 5.79. The fourth-order valence-electron chi connectivity index (χ4n) is 3.34. The van der Waals surface area contributed by atoms with E-state index in [-0.39, 0.29) is 4.65 Å². The lowest BCUT2D eigenvalue weighted by Gasteiger charge is -2.40. The first-order valence-corrected chi connectivity index (χ1v) is 10.7. The summed E-state index contributed by atoms with van der Waals surface area (Å²) in [7, 11) is 0. The minimum absolute atomic E-state index is 0.230. The van der Waals surface area contributed by atoms with E-state index in [4.69, 9.17) is 16.3 Å². The molecule has 0 fully saturated rings. The maximum Gasteiger partial charge on any atom is 0.137 e. The van der Waals surface area contributed by atoms with Crippen molar-refractivity contribution in [2.75, 3.05) is 26.2 Å². The Morgan fingerprint density at radius 3 is 1.80 bits per heavy atom. The molecule has 0 bridgehead atoms. The van der Waals surface area contributed by atoms with Gasteiger partial charge in [-0.25, -0.2) is 0 Å². The quantitative estimate of drug-likeness (QED) is 0.222. The van der Waals surface area contributed by atoms with Crippen LogP contribution in [0.5, 0.6) is 5.75 Å². The fraction of sp³-hybridized carbons (Fsp3) is 0.231. The van der Waals surface area contributed by atoms with Gasteiger partial charge in [0.05, 0.1) is 18.1 Å². The van der Waals surface area contributed by atoms with Gasteiger partial charge in [0.25, 0.3) is 0 Å². The summed E-state index contributed by atoms with van der Waals surface area (Å²) >= 11 is 6.86. The van der Waals surface area contributed by atoms with Gasteiger partial charge in [0, 0.05) is 5.57 Å². The highest BCUT2D eigenvalue weighted by molar-refractivity contribution is 6.53. The van der Waals surface area contributed by atoms with E-state index in [1.807, 2.05) is 86.6 Å². The van der Waals surface area contributed by atoms with Crippen LogP contribution in [0.2, 0.25) is 0 Å². The highest BCUT2D eigenvalue weighted by Gasteiger charge is 2.14. The van der Waals surface area contributed by atoms with Gasteiger partial charge in [-0.2, -0.15) is 0 Å². The topological polar surface area (TPSA) is 32.3 Å². The van der Waals surface area contributed by atoms with Gasteiger partial charge < -0.3 is 14.6 Å². The molecule has 0 amide bonds. The van der Waals surface area contributed by atoms with Crippen LogP contribution in [0.1, 0.15) is 30.5 Å². The fourth-order valence-corrected chi connectivity index (χ4v) is 3.69. The summed E-state index contributed by atoms with van der Waals surface area (Å²) in [5.74, 6) is 0.751. The maximum atomic E-state index is 12.4. The second-order valence-electron chi connectivity index (χ2n) is 7.21. The van der Waals surface area contributed by atoms with Gasteiger partial charge in [-0.3, -0.25) is 0 Å². The lowest BCUT2D eigenvalue weighted by Crippen LogP contribution is -2.44. The summed E-state index contributed by atoms with van der Waals surface area (Å²) in [5.41, 5.74) is 4.02. The van der Waals surface area contributed by atoms with Crippen LogP contribution in [-0.4, -0.2) is 30.9 Å². The van der Waals surface area contributed by atoms with E-state index < -0.39 is 0 Å². The molecule has 0 aromatic heterocycles. The minimum Gasteiger partial charge on any atom is -0.633 e. The molecule has 156 valence electrons. The van der Waals surface area contributed by atoms with Crippen molar-refractivity contribution in [1.29, 1.82) is 0 Å². The second kappa shape index (κ2) is 10.4. The number of quaternary nitrogens is 1. The Bertz CT molecular complexity index is 949. The molecular weight excluding hydrogens is 394 g/mol. The van der Waals surface area contributed by atoms with Crippen LogP contribution >= 0.6 is 11.6 Å².